The summed E-state index contributed by atoms with van der Waals surface area (Å²) in [6.45, 7) is 8.21. The maximum atomic E-state index is 12.3. The van der Waals surface area contributed by atoms with Crippen LogP contribution in [0.3, 0.4) is 0 Å². The normalized spacial score (nSPS) is 28.3. The highest BCUT2D eigenvalue weighted by Crippen LogP contribution is 2.39. The highest BCUT2D eigenvalue weighted by atomic mass is 32.2. The highest BCUT2D eigenvalue weighted by Gasteiger charge is 2.43. The van der Waals surface area contributed by atoms with Crippen molar-refractivity contribution in [2.75, 3.05) is 12.8 Å². The van der Waals surface area contributed by atoms with Gasteiger partial charge in [-0.1, -0.05) is 13.8 Å². The number of amides is 1. The van der Waals surface area contributed by atoms with Crippen LogP contribution in [0.15, 0.2) is 0 Å². The van der Waals surface area contributed by atoms with Gasteiger partial charge in [-0.2, -0.15) is 0 Å². The van der Waals surface area contributed by atoms with Gasteiger partial charge in [-0.3, -0.25) is 9.00 Å². The number of hydrogen-bond donors (Lipinski definition) is 2. The molecule has 0 aromatic rings. The second-order valence-electron chi connectivity index (χ2n) is 6.08. The molecule has 1 amide bonds. The molecule has 18 heavy (non-hydrogen) atoms. The third-order valence-corrected chi connectivity index (χ3v) is 5.39. The topological polar surface area (TPSA) is 58.2 Å². The highest BCUT2D eigenvalue weighted by molar-refractivity contribution is 7.86. The summed E-state index contributed by atoms with van der Waals surface area (Å²) in [7, 11) is 0.820. The third-order valence-electron chi connectivity index (χ3n) is 3.66. The molecule has 0 spiro atoms. The first-order valence-corrected chi connectivity index (χ1v) is 8.00. The molecule has 2 N–H and O–H groups in total. The van der Waals surface area contributed by atoms with Gasteiger partial charge >= 0.3 is 0 Å². The number of carbonyl (C=O) groups is 1. The fraction of sp³-hybridized carbons (Fsp3) is 0.923. The first kappa shape index (κ1) is 15.6. The minimum absolute atomic E-state index is 0.0860. The molecular weight excluding hydrogens is 248 g/mol. The summed E-state index contributed by atoms with van der Waals surface area (Å²) < 4.78 is 12.3. The van der Waals surface area contributed by atoms with Crippen LogP contribution < -0.4 is 10.6 Å². The predicted octanol–water partition coefficient (Wildman–Crippen LogP) is 1.04. The van der Waals surface area contributed by atoms with E-state index in [1.165, 1.54) is 0 Å². The quantitative estimate of drug-likeness (QED) is 0.787. The molecule has 4 nitrogen and oxygen atoms in total. The minimum Gasteiger partial charge on any atom is -0.353 e. The third kappa shape index (κ3) is 3.79. The van der Waals surface area contributed by atoms with E-state index < -0.39 is 10.8 Å². The number of hydrogen-bond acceptors (Lipinski definition) is 3. The van der Waals surface area contributed by atoms with Crippen molar-refractivity contribution in [2.45, 2.75) is 57.9 Å². The summed E-state index contributed by atoms with van der Waals surface area (Å²) >= 11 is 0. The van der Waals surface area contributed by atoms with Crippen LogP contribution in [0, 0.1) is 5.41 Å². The summed E-state index contributed by atoms with van der Waals surface area (Å²) in [5.74, 6) is 0.0137. The van der Waals surface area contributed by atoms with Gasteiger partial charge in [0.15, 0.2) is 0 Å². The van der Waals surface area contributed by atoms with Crippen LogP contribution in [0.4, 0.5) is 0 Å². The van der Waals surface area contributed by atoms with Crippen LogP contribution in [0.1, 0.15) is 40.5 Å². The van der Waals surface area contributed by atoms with E-state index in [4.69, 9.17) is 0 Å². The Balaban J connectivity index is 2.60. The maximum Gasteiger partial charge on any atom is 0.232 e. The monoisotopic (exact) mass is 274 g/mol. The molecule has 1 rings (SSSR count). The lowest BCUT2D eigenvalue weighted by Crippen LogP contribution is -2.46. The molecule has 106 valence electrons. The molecule has 1 saturated carbocycles. The summed E-state index contributed by atoms with van der Waals surface area (Å²) in [4.78, 5) is 11.7. The number of nitrogens with one attached hydrogen (secondary N) is 2. The van der Waals surface area contributed by atoms with Gasteiger partial charge in [-0.25, -0.2) is 0 Å². The van der Waals surface area contributed by atoms with Crippen LogP contribution in [0.25, 0.3) is 0 Å². The zero-order valence-corrected chi connectivity index (χ0v) is 12.9. The molecule has 1 fully saturated rings. The zero-order chi connectivity index (χ0) is 13.9. The standard InChI is InChI=1S/C13H26N2O2S/c1-9(2)15-11(16)8-18(17)10-6-7-13(3,4)12(10)14-5/h9-10,12,14H,6-8H2,1-5H3,(H,15,16). The fourth-order valence-electron chi connectivity index (χ4n) is 2.80. The largest absolute Gasteiger partial charge is 0.353 e. The van der Waals surface area contributed by atoms with Gasteiger partial charge in [-0.05, 0) is 39.2 Å². The average Bonchev–Trinajstić information content (AvgIpc) is 2.51. The lowest BCUT2D eigenvalue weighted by Gasteiger charge is -2.29. The van der Waals surface area contributed by atoms with E-state index >= 15 is 0 Å². The number of rotatable bonds is 5. The molecule has 3 unspecified atom stereocenters. The van der Waals surface area contributed by atoms with Gasteiger partial charge in [0, 0.05) is 22.9 Å². The second kappa shape index (κ2) is 6.15. The van der Waals surface area contributed by atoms with E-state index in [9.17, 15) is 9.00 Å². The van der Waals surface area contributed by atoms with Gasteiger partial charge in [0.05, 0.1) is 5.25 Å². The van der Waals surface area contributed by atoms with Crippen molar-refractivity contribution >= 4 is 16.7 Å². The Labute approximate surface area is 113 Å². The molecular formula is C13H26N2O2S. The van der Waals surface area contributed by atoms with E-state index in [0.717, 1.165) is 12.8 Å². The van der Waals surface area contributed by atoms with E-state index in [2.05, 4.69) is 24.5 Å². The first-order chi connectivity index (χ1) is 8.27. The summed E-state index contributed by atoms with van der Waals surface area (Å²) in [6, 6.07) is 0.333. The Hall–Kier alpha value is -0.420. The maximum absolute atomic E-state index is 12.3. The van der Waals surface area contributed by atoms with Crippen molar-refractivity contribution in [1.82, 2.24) is 10.6 Å². The van der Waals surface area contributed by atoms with Crippen LogP contribution >= 0.6 is 0 Å². The molecule has 1 aliphatic carbocycles. The van der Waals surface area contributed by atoms with Crippen molar-refractivity contribution in [1.29, 1.82) is 0 Å². The first-order valence-electron chi connectivity index (χ1n) is 6.61. The molecule has 0 aromatic heterocycles. The second-order valence-corrected chi connectivity index (χ2v) is 7.74. The Morgan fingerprint density at radius 1 is 1.44 bits per heavy atom. The Bertz CT molecular complexity index is 329. The molecule has 1 aliphatic rings. The van der Waals surface area contributed by atoms with Crippen LogP contribution in [-0.2, 0) is 15.6 Å². The van der Waals surface area contributed by atoms with Crippen molar-refractivity contribution in [2.24, 2.45) is 5.41 Å². The molecule has 0 radical (unpaired) electrons. The van der Waals surface area contributed by atoms with E-state index in [-0.39, 0.29) is 34.4 Å². The van der Waals surface area contributed by atoms with E-state index in [1.807, 2.05) is 20.9 Å². The molecule has 3 atom stereocenters. The molecule has 0 bridgehead atoms. The lowest BCUT2D eigenvalue weighted by molar-refractivity contribution is -0.119. The molecule has 5 heteroatoms. The fourth-order valence-corrected chi connectivity index (χ4v) is 4.54. The average molecular weight is 274 g/mol. The van der Waals surface area contributed by atoms with Crippen molar-refractivity contribution in [3.8, 4) is 0 Å². The molecule has 0 heterocycles. The minimum atomic E-state index is -1.09. The van der Waals surface area contributed by atoms with Gasteiger partial charge in [0.1, 0.15) is 5.75 Å². The lowest BCUT2D eigenvalue weighted by atomic mass is 9.87. The Kier molecular flexibility index (Phi) is 5.34. The van der Waals surface area contributed by atoms with Gasteiger partial charge in [-0.15, -0.1) is 0 Å². The van der Waals surface area contributed by atoms with Crippen LogP contribution in [0.5, 0.6) is 0 Å². The molecule has 0 aromatic carbocycles. The smallest absolute Gasteiger partial charge is 0.232 e. The van der Waals surface area contributed by atoms with E-state index in [0.29, 0.717) is 0 Å². The molecule has 0 aliphatic heterocycles. The summed E-state index contributed by atoms with van der Waals surface area (Å²) in [6.07, 6.45) is 1.99. The van der Waals surface area contributed by atoms with Crippen molar-refractivity contribution < 1.29 is 9.00 Å². The van der Waals surface area contributed by atoms with Crippen molar-refractivity contribution in [3.05, 3.63) is 0 Å². The van der Waals surface area contributed by atoms with Gasteiger partial charge in [0.25, 0.3) is 0 Å². The molecule has 0 saturated heterocycles. The Morgan fingerprint density at radius 3 is 2.56 bits per heavy atom. The van der Waals surface area contributed by atoms with Crippen LogP contribution in [-0.4, -0.2) is 40.3 Å². The SMILES string of the molecule is CNC1C(S(=O)CC(=O)NC(C)C)CCC1(C)C. The predicted molar refractivity (Wildman–Crippen MR) is 75.9 cm³/mol. The van der Waals surface area contributed by atoms with Crippen molar-refractivity contribution in [3.63, 3.8) is 0 Å². The zero-order valence-electron chi connectivity index (χ0n) is 12.1. The number of carbonyl (C=O) groups excluding carboxylic acids is 1. The summed E-state index contributed by atoms with van der Waals surface area (Å²) in [5.41, 5.74) is 0.156. The van der Waals surface area contributed by atoms with Gasteiger partial charge < -0.3 is 10.6 Å². The Morgan fingerprint density at radius 2 is 2.06 bits per heavy atom. The summed E-state index contributed by atoms with van der Waals surface area (Å²) in [5, 5.41) is 6.16. The van der Waals surface area contributed by atoms with Gasteiger partial charge in [0.2, 0.25) is 5.91 Å². The van der Waals surface area contributed by atoms with Crippen LogP contribution in [0.2, 0.25) is 0 Å². The van der Waals surface area contributed by atoms with E-state index in [1.54, 1.807) is 0 Å².